The van der Waals surface area contributed by atoms with Gasteiger partial charge in [0.2, 0.25) is 0 Å². The molecule has 0 aliphatic carbocycles. The average Bonchev–Trinajstić information content (AvgIpc) is 2.27. The standard InChI is InChI=1S/C14H18O2/c1-11(2)14(16)10-13(15)9-8-12-6-4-3-5-7-12/h3-9,11,14,16H,10H2,1-2H3. The van der Waals surface area contributed by atoms with E-state index in [0.717, 1.165) is 5.56 Å². The van der Waals surface area contributed by atoms with Crippen molar-refractivity contribution in [1.82, 2.24) is 0 Å². The minimum atomic E-state index is -0.548. The summed E-state index contributed by atoms with van der Waals surface area (Å²) in [6.45, 7) is 3.80. The molecule has 0 spiro atoms. The molecule has 0 amide bonds. The highest BCUT2D eigenvalue weighted by Crippen LogP contribution is 2.07. The third-order valence-electron chi connectivity index (χ3n) is 2.44. The highest BCUT2D eigenvalue weighted by molar-refractivity contribution is 5.93. The summed E-state index contributed by atoms with van der Waals surface area (Å²) in [7, 11) is 0. The largest absolute Gasteiger partial charge is 0.392 e. The topological polar surface area (TPSA) is 37.3 Å². The van der Waals surface area contributed by atoms with Crippen LogP contribution >= 0.6 is 0 Å². The van der Waals surface area contributed by atoms with E-state index in [-0.39, 0.29) is 18.1 Å². The number of ketones is 1. The molecular weight excluding hydrogens is 200 g/mol. The second-order valence-corrected chi connectivity index (χ2v) is 4.23. The monoisotopic (exact) mass is 218 g/mol. The van der Waals surface area contributed by atoms with Crippen molar-refractivity contribution in [2.24, 2.45) is 5.92 Å². The van der Waals surface area contributed by atoms with Gasteiger partial charge in [0, 0.05) is 6.42 Å². The highest BCUT2D eigenvalue weighted by Gasteiger charge is 2.11. The summed E-state index contributed by atoms with van der Waals surface area (Å²) >= 11 is 0. The first-order valence-corrected chi connectivity index (χ1v) is 5.53. The van der Waals surface area contributed by atoms with Crippen molar-refractivity contribution >= 4 is 11.9 Å². The molecule has 0 fully saturated rings. The Hall–Kier alpha value is -1.41. The Morgan fingerprint density at radius 1 is 1.31 bits per heavy atom. The van der Waals surface area contributed by atoms with Gasteiger partial charge in [-0.05, 0) is 17.6 Å². The van der Waals surface area contributed by atoms with Crippen molar-refractivity contribution in [3.05, 3.63) is 42.0 Å². The van der Waals surface area contributed by atoms with Gasteiger partial charge in [0.1, 0.15) is 0 Å². The molecule has 0 saturated heterocycles. The van der Waals surface area contributed by atoms with Gasteiger partial charge in [0.25, 0.3) is 0 Å². The quantitative estimate of drug-likeness (QED) is 0.771. The number of rotatable bonds is 5. The number of hydrogen-bond acceptors (Lipinski definition) is 2. The Morgan fingerprint density at radius 3 is 2.50 bits per heavy atom. The third kappa shape index (κ3) is 4.41. The van der Waals surface area contributed by atoms with Gasteiger partial charge in [0.15, 0.2) is 5.78 Å². The van der Waals surface area contributed by atoms with Crippen LogP contribution in [0.5, 0.6) is 0 Å². The van der Waals surface area contributed by atoms with Crippen LogP contribution in [0.3, 0.4) is 0 Å². The van der Waals surface area contributed by atoms with Crippen LogP contribution in [0.15, 0.2) is 36.4 Å². The van der Waals surface area contributed by atoms with E-state index in [0.29, 0.717) is 0 Å². The summed E-state index contributed by atoms with van der Waals surface area (Å²) in [5, 5.41) is 9.54. The molecule has 0 radical (unpaired) electrons. The smallest absolute Gasteiger partial charge is 0.158 e. The van der Waals surface area contributed by atoms with Gasteiger partial charge >= 0.3 is 0 Å². The maximum atomic E-state index is 11.5. The van der Waals surface area contributed by atoms with Crippen molar-refractivity contribution in [1.29, 1.82) is 0 Å². The second-order valence-electron chi connectivity index (χ2n) is 4.23. The minimum absolute atomic E-state index is 0.0370. The molecule has 0 aromatic heterocycles. The van der Waals surface area contributed by atoms with Crippen molar-refractivity contribution in [3.8, 4) is 0 Å². The van der Waals surface area contributed by atoms with Crippen LogP contribution in [-0.4, -0.2) is 17.0 Å². The van der Waals surface area contributed by atoms with Gasteiger partial charge in [-0.2, -0.15) is 0 Å². The minimum Gasteiger partial charge on any atom is -0.392 e. The lowest BCUT2D eigenvalue weighted by molar-refractivity contribution is -0.116. The Morgan fingerprint density at radius 2 is 1.94 bits per heavy atom. The summed E-state index contributed by atoms with van der Waals surface area (Å²) < 4.78 is 0. The van der Waals surface area contributed by atoms with Gasteiger partial charge in [-0.1, -0.05) is 50.3 Å². The Labute approximate surface area is 96.6 Å². The lowest BCUT2D eigenvalue weighted by atomic mass is 10.0. The molecule has 2 nitrogen and oxygen atoms in total. The summed E-state index contributed by atoms with van der Waals surface area (Å²) in [5.74, 6) is 0.0825. The van der Waals surface area contributed by atoms with Crippen LogP contribution in [0.1, 0.15) is 25.8 Å². The number of hydrogen-bond donors (Lipinski definition) is 1. The van der Waals surface area contributed by atoms with Crippen molar-refractivity contribution in [2.75, 3.05) is 0 Å². The number of carbonyl (C=O) groups excluding carboxylic acids is 1. The van der Waals surface area contributed by atoms with Crippen molar-refractivity contribution < 1.29 is 9.90 Å². The third-order valence-corrected chi connectivity index (χ3v) is 2.44. The lowest BCUT2D eigenvalue weighted by Crippen LogP contribution is -2.18. The molecule has 1 unspecified atom stereocenters. The number of carbonyl (C=O) groups is 1. The maximum absolute atomic E-state index is 11.5. The molecule has 0 aliphatic heterocycles. The van der Waals surface area contributed by atoms with E-state index >= 15 is 0 Å². The van der Waals surface area contributed by atoms with Crippen LogP contribution < -0.4 is 0 Å². The van der Waals surface area contributed by atoms with E-state index in [1.165, 1.54) is 6.08 Å². The first-order chi connectivity index (χ1) is 7.59. The molecule has 0 aliphatic rings. The fraction of sp³-hybridized carbons (Fsp3) is 0.357. The number of aliphatic hydroxyl groups excluding tert-OH is 1. The summed E-state index contributed by atoms with van der Waals surface area (Å²) in [6.07, 6.45) is 2.95. The van der Waals surface area contributed by atoms with Crippen LogP contribution in [0.4, 0.5) is 0 Å². The summed E-state index contributed by atoms with van der Waals surface area (Å²) in [5.41, 5.74) is 0.995. The fourth-order valence-corrected chi connectivity index (χ4v) is 1.26. The molecule has 0 heterocycles. The van der Waals surface area contributed by atoms with Gasteiger partial charge < -0.3 is 5.11 Å². The first kappa shape index (κ1) is 12.7. The van der Waals surface area contributed by atoms with Gasteiger partial charge in [-0.15, -0.1) is 0 Å². The Kier molecular flexibility index (Phi) is 4.93. The molecule has 2 heteroatoms. The van der Waals surface area contributed by atoms with Crippen LogP contribution in [-0.2, 0) is 4.79 Å². The van der Waals surface area contributed by atoms with E-state index in [1.807, 2.05) is 44.2 Å². The Bertz CT molecular complexity index is 352. The first-order valence-electron chi connectivity index (χ1n) is 5.53. The molecule has 1 aromatic carbocycles. The second kappa shape index (κ2) is 6.23. The maximum Gasteiger partial charge on any atom is 0.158 e. The van der Waals surface area contributed by atoms with E-state index in [4.69, 9.17) is 0 Å². The predicted molar refractivity (Wildman–Crippen MR) is 65.9 cm³/mol. The molecule has 1 aromatic rings. The number of benzene rings is 1. The van der Waals surface area contributed by atoms with E-state index in [1.54, 1.807) is 6.08 Å². The van der Waals surface area contributed by atoms with Crippen molar-refractivity contribution in [3.63, 3.8) is 0 Å². The van der Waals surface area contributed by atoms with Crippen LogP contribution in [0, 0.1) is 5.92 Å². The molecule has 86 valence electrons. The molecule has 1 rings (SSSR count). The highest BCUT2D eigenvalue weighted by atomic mass is 16.3. The summed E-state index contributed by atoms with van der Waals surface area (Å²) in [6, 6.07) is 9.65. The molecule has 1 N–H and O–H groups in total. The average molecular weight is 218 g/mol. The van der Waals surface area contributed by atoms with Crippen LogP contribution in [0.2, 0.25) is 0 Å². The molecular formula is C14H18O2. The van der Waals surface area contributed by atoms with E-state index < -0.39 is 6.10 Å². The van der Waals surface area contributed by atoms with Gasteiger partial charge in [0.05, 0.1) is 6.10 Å². The van der Waals surface area contributed by atoms with Gasteiger partial charge in [-0.25, -0.2) is 0 Å². The molecule has 0 saturated carbocycles. The molecule has 0 bridgehead atoms. The molecule has 16 heavy (non-hydrogen) atoms. The lowest BCUT2D eigenvalue weighted by Gasteiger charge is -2.11. The Balaban J connectivity index is 2.49. The van der Waals surface area contributed by atoms with Crippen LogP contribution in [0.25, 0.3) is 6.08 Å². The zero-order chi connectivity index (χ0) is 12.0. The SMILES string of the molecule is CC(C)C(O)CC(=O)C=Cc1ccccc1. The number of allylic oxidation sites excluding steroid dienone is 1. The summed E-state index contributed by atoms with van der Waals surface area (Å²) in [4.78, 5) is 11.5. The molecule has 1 atom stereocenters. The zero-order valence-electron chi connectivity index (χ0n) is 9.76. The fourth-order valence-electron chi connectivity index (χ4n) is 1.26. The number of aliphatic hydroxyl groups is 1. The zero-order valence-corrected chi connectivity index (χ0v) is 9.76. The predicted octanol–water partition coefficient (Wildman–Crippen LogP) is 2.68. The van der Waals surface area contributed by atoms with E-state index in [9.17, 15) is 9.90 Å². The normalized spacial score (nSPS) is 13.2. The van der Waals surface area contributed by atoms with Crippen molar-refractivity contribution in [2.45, 2.75) is 26.4 Å². The van der Waals surface area contributed by atoms with E-state index in [2.05, 4.69) is 0 Å². The van der Waals surface area contributed by atoms with Gasteiger partial charge in [-0.3, -0.25) is 4.79 Å².